The third-order valence-electron chi connectivity index (χ3n) is 4.69. The molecule has 0 aliphatic heterocycles. The molecule has 0 unspecified atom stereocenters. The van der Waals surface area contributed by atoms with Crippen LogP contribution in [0.2, 0.25) is 0 Å². The fourth-order valence-electron chi connectivity index (χ4n) is 3.01. The molecule has 37 heavy (non-hydrogen) atoms. The van der Waals surface area contributed by atoms with Crippen LogP contribution in [0.25, 0.3) is 0 Å². The maximum absolute atomic E-state index is 14.5. The van der Waals surface area contributed by atoms with Gasteiger partial charge in [-0.3, -0.25) is 4.79 Å². The first-order chi connectivity index (χ1) is 17.1. The van der Waals surface area contributed by atoms with Gasteiger partial charge in [-0.2, -0.15) is 35.1 Å². The largest absolute Gasteiger partial charge is 0.435 e. The second-order valence-corrected chi connectivity index (χ2v) is 9.05. The molecule has 1 amide bonds. The molecule has 0 radical (unpaired) electrons. The molecule has 2 N–H and O–H groups in total. The van der Waals surface area contributed by atoms with Crippen LogP contribution in [-0.4, -0.2) is 29.9 Å². The maximum Gasteiger partial charge on any atom is 0.435 e. The van der Waals surface area contributed by atoms with Crippen molar-refractivity contribution in [1.29, 1.82) is 0 Å². The first-order valence-electron chi connectivity index (χ1n) is 9.79. The Morgan fingerprint density at radius 1 is 1.03 bits per heavy atom. The van der Waals surface area contributed by atoms with Gasteiger partial charge in [-0.05, 0) is 51.6 Å². The van der Waals surface area contributed by atoms with E-state index in [1.54, 1.807) is 0 Å². The van der Waals surface area contributed by atoms with Gasteiger partial charge in [0, 0.05) is 14.9 Å². The van der Waals surface area contributed by atoms with E-state index in [9.17, 15) is 44.3 Å². The average Bonchev–Trinajstić information content (AvgIpc) is 3.31. The van der Waals surface area contributed by atoms with Crippen LogP contribution in [-0.2, 0) is 12.2 Å². The van der Waals surface area contributed by atoms with Crippen molar-refractivity contribution in [2.45, 2.75) is 31.2 Å². The number of halogens is 10. The van der Waals surface area contributed by atoms with Gasteiger partial charge in [-0.1, -0.05) is 12.1 Å². The molecule has 0 fully saturated rings. The summed E-state index contributed by atoms with van der Waals surface area (Å²) in [6, 6.07) is 7.64. The number of carbonyl (C=O) groups is 1. The summed E-state index contributed by atoms with van der Waals surface area (Å²) in [4.78, 5) is 17.7. The first kappa shape index (κ1) is 28.6. The van der Waals surface area contributed by atoms with Crippen molar-refractivity contribution in [2.75, 3.05) is 10.6 Å². The van der Waals surface area contributed by atoms with Crippen LogP contribution in [0.15, 0.2) is 52.3 Å². The van der Waals surface area contributed by atoms with E-state index in [0.29, 0.717) is 6.54 Å². The van der Waals surface area contributed by atoms with E-state index in [0.717, 1.165) is 4.88 Å². The van der Waals surface area contributed by atoms with Gasteiger partial charge < -0.3 is 15.4 Å². The summed E-state index contributed by atoms with van der Waals surface area (Å²) in [5.74, 6) is -2.20. The number of rotatable bonds is 8. The highest BCUT2D eigenvalue weighted by molar-refractivity contribution is 9.10. The number of aromatic nitrogens is 1. The Morgan fingerprint density at radius 2 is 1.70 bits per heavy atom. The van der Waals surface area contributed by atoms with E-state index in [-0.39, 0.29) is 23.6 Å². The minimum atomic E-state index is -6.50. The standard InChI is InChI=1S/C21H13BrF9N3O2S/c22-12-7-10(19(25,20(26,27)28)21(29,30)31)8-14(36-18(23)24)16(12)34-17(35)13-4-1-5-15(33-13)32-9-11-3-2-6-37-11/h1-8,18H,9H2,(H,32,33)(H,34,35). The highest BCUT2D eigenvalue weighted by atomic mass is 79.9. The number of nitrogens with one attached hydrogen (secondary N) is 2. The Balaban J connectivity index is 1.96. The van der Waals surface area contributed by atoms with Gasteiger partial charge in [-0.25, -0.2) is 9.37 Å². The lowest BCUT2D eigenvalue weighted by molar-refractivity contribution is -0.348. The SMILES string of the molecule is O=C(Nc1c(Br)cc(C(F)(C(F)(F)F)C(F)(F)F)cc1OC(F)F)c1cccc(NCc2cccs2)n1. The molecule has 0 bridgehead atoms. The zero-order valence-electron chi connectivity index (χ0n) is 17.9. The third-order valence-corrected chi connectivity index (χ3v) is 6.20. The van der Waals surface area contributed by atoms with Crippen molar-refractivity contribution in [1.82, 2.24) is 4.98 Å². The van der Waals surface area contributed by atoms with Crippen molar-refractivity contribution in [3.63, 3.8) is 0 Å². The summed E-state index contributed by atoms with van der Waals surface area (Å²) in [6.07, 6.45) is -13.0. The molecule has 5 nitrogen and oxygen atoms in total. The smallest absolute Gasteiger partial charge is 0.433 e. The van der Waals surface area contributed by atoms with E-state index < -0.39 is 52.0 Å². The normalized spacial score (nSPS) is 12.5. The minimum absolute atomic E-state index is 0.0569. The van der Waals surface area contributed by atoms with Crippen molar-refractivity contribution >= 4 is 44.7 Å². The Morgan fingerprint density at radius 3 is 2.27 bits per heavy atom. The minimum Gasteiger partial charge on any atom is -0.433 e. The molecule has 0 saturated carbocycles. The highest BCUT2D eigenvalue weighted by Gasteiger charge is 2.73. The summed E-state index contributed by atoms with van der Waals surface area (Å²) in [5, 5.41) is 6.82. The summed E-state index contributed by atoms with van der Waals surface area (Å²) >= 11 is 4.05. The number of hydrogen-bond acceptors (Lipinski definition) is 5. The summed E-state index contributed by atoms with van der Waals surface area (Å²) in [6.45, 7) is -3.38. The topological polar surface area (TPSA) is 63.2 Å². The quantitative estimate of drug-likeness (QED) is 0.254. The molecule has 2 aromatic heterocycles. The number of carbonyl (C=O) groups excluding carboxylic acids is 1. The number of anilines is 2. The molecule has 3 rings (SSSR count). The maximum atomic E-state index is 14.5. The number of nitrogens with zero attached hydrogens (tertiary/aromatic N) is 1. The molecule has 0 atom stereocenters. The van der Waals surface area contributed by atoms with E-state index in [2.05, 4.69) is 31.0 Å². The summed E-state index contributed by atoms with van der Waals surface area (Å²) < 4.78 is 122. The molecular weight excluding hydrogens is 609 g/mol. The van der Waals surface area contributed by atoms with Gasteiger partial charge >= 0.3 is 24.6 Å². The molecular formula is C21H13BrF9N3O2S. The van der Waals surface area contributed by atoms with Gasteiger partial charge in [0.15, 0.2) is 5.75 Å². The number of benzene rings is 1. The van der Waals surface area contributed by atoms with Gasteiger partial charge in [0.1, 0.15) is 11.5 Å². The van der Waals surface area contributed by atoms with Crippen molar-refractivity contribution in [3.05, 3.63) is 68.5 Å². The molecule has 200 valence electrons. The van der Waals surface area contributed by atoms with Gasteiger partial charge in [0.05, 0.1) is 12.2 Å². The van der Waals surface area contributed by atoms with Crippen LogP contribution in [0.4, 0.5) is 51.0 Å². The number of amides is 1. The van der Waals surface area contributed by atoms with Crippen LogP contribution in [0.3, 0.4) is 0 Å². The van der Waals surface area contributed by atoms with E-state index >= 15 is 0 Å². The van der Waals surface area contributed by atoms with Gasteiger partial charge in [0.25, 0.3) is 5.91 Å². The molecule has 0 aliphatic rings. The number of hydrogen-bond donors (Lipinski definition) is 2. The third kappa shape index (κ3) is 6.29. The molecule has 0 saturated heterocycles. The van der Waals surface area contributed by atoms with Crippen LogP contribution < -0.4 is 15.4 Å². The molecule has 16 heteroatoms. The van der Waals surface area contributed by atoms with Crippen LogP contribution >= 0.6 is 27.3 Å². The van der Waals surface area contributed by atoms with Crippen LogP contribution in [0.5, 0.6) is 5.75 Å². The number of thiophene rings is 1. The summed E-state index contributed by atoms with van der Waals surface area (Å²) in [5.41, 5.74) is -9.08. The number of ether oxygens (including phenoxy) is 1. The fraction of sp³-hybridized carbons (Fsp3) is 0.238. The Kier molecular flexibility index (Phi) is 8.31. The predicted molar refractivity (Wildman–Crippen MR) is 120 cm³/mol. The van der Waals surface area contributed by atoms with E-state index in [1.165, 1.54) is 29.5 Å². The zero-order valence-corrected chi connectivity index (χ0v) is 20.3. The van der Waals surface area contributed by atoms with Crippen LogP contribution in [0, 0.1) is 0 Å². The highest BCUT2D eigenvalue weighted by Crippen LogP contribution is 2.55. The molecule has 0 aliphatic carbocycles. The van der Waals surface area contributed by atoms with Crippen molar-refractivity contribution in [3.8, 4) is 5.75 Å². The van der Waals surface area contributed by atoms with Gasteiger partial charge in [0.2, 0.25) is 0 Å². The predicted octanol–water partition coefficient (Wildman–Crippen LogP) is 7.66. The van der Waals surface area contributed by atoms with E-state index in [1.807, 2.05) is 22.8 Å². The summed E-state index contributed by atoms with van der Waals surface area (Å²) in [7, 11) is 0. The average molecular weight is 622 g/mol. The monoisotopic (exact) mass is 621 g/mol. The Labute approximate surface area is 214 Å². The van der Waals surface area contributed by atoms with Crippen molar-refractivity contribution in [2.24, 2.45) is 0 Å². The van der Waals surface area contributed by atoms with Crippen LogP contribution in [0.1, 0.15) is 20.9 Å². The number of alkyl halides is 9. The Hall–Kier alpha value is -3.01. The fourth-order valence-corrected chi connectivity index (χ4v) is 4.19. The lowest BCUT2D eigenvalue weighted by atomic mass is 9.93. The zero-order chi connectivity index (χ0) is 27.6. The van der Waals surface area contributed by atoms with Gasteiger partial charge in [-0.15, -0.1) is 11.3 Å². The molecule has 2 heterocycles. The Bertz CT molecular complexity index is 1240. The van der Waals surface area contributed by atoms with Crippen molar-refractivity contribution < 1.29 is 49.0 Å². The molecule has 0 spiro atoms. The lowest BCUT2D eigenvalue weighted by Crippen LogP contribution is -2.50. The first-order valence-corrected chi connectivity index (χ1v) is 11.5. The second-order valence-electron chi connectivity index (χ2n) is 7.16. The lowest BCUT2D eigenvalue weighted by Gasteiger charge is -2.31. The van der Waals surface area contributed by atoms with E-state index in [4.69, 9.17) is 0 Å². The number of pyridine rings is 1. The second kappa shape index (κ2) is 10.8. The molecule has 3 aromatic rings. The molecule has 1 aromatic carbocycles.